The molecule has 0 spiro atoms. The second kappa shape index (κ2) is 10.4. The molecule has 7 nitrogen and oxygen atoms in total. The van der Waals surface area contributed by atoms with E-state index in [0.717, 1.165) is 21.9 Å². The smallest absolute Gasteiger partial charge is 0.339 e. The molecule has 0 unspecified atom stereocenters. The summed E-state index contributed by atoms with van der Waals surface area (Å²) in [7, 11) is 1.25. The average Bonchev–Trinajstić information content (AvgIpc) is 2.88. The molecule has 35 heavy (non-hydrogen) atoms. The monoisotopic (exact) mass is 465 g/mol. The van der Waals surface area contributed by atoms with Gasteiger partial charge in [0.05, 0.1) is 18.4 Å². The zero-order valence-corrected chi connectivity index (χ0v) is 19.2. The fraction of sp³-hybridized carbons (Fsp3) is 0.0714. The van der Waals surface area contributed by atoms with Crippen LogP contribution in [0.4, 0.5) is 11.4 Å². The van der Waals surface area contributed by atoms with Gasteiger partial charge >= 0.3 is 5.97 Å². The zero-order valence-electron chi connectivity index (χ0n) is 19.2. The number of ether oxygens (including phenoxy) is 1. The van der Waals surface area contributed by atoms with E-state index in [1.165, 1.54) is 31.4 Å². The number of aromatic nitrogens is 1. The lowest BCUT2D eigenvalue weighted by molar-refractivity contribution is -0.111. The highest BCUT2D eigenvalue weighted by molar-refractivity contribution is 6.10. The van der Waals surface area contributed by atoms with Gasteiger partial charge in [-0.3, -0.25) is 14.6 Å². The van der Waals surface area contributed by atoms with Crippen LogP contribution in [0.2, 0.25) is 0 Å². The Kier molecular flexibility index (Phi) is 6.97. The Morgan fingerprint density at radius 3 is 2.29 bits per heavy atom. The first kappa shape index (κ1) is 23.4. The molecule has 0 saturated heterocycles. The summed E-state index contributed by atoms with van der Waals surface area (Å²) in [6, 6.07) is 21.6. The molecule has 2 N–H and O–H groups in total. The standard InChI is InChI=1S/C28H23N3O4/c1-18(20-8-7-19-5-3-4-6-21(19)16-20)15-26(32)31-25-17-22(9-10-24(25)28(34)35-2)27(33)30-23-11-13-29-14-12-23/h3-17H,1-2H3,(H,31,32)(H,29,30,33). The molecule has 2 amide bonds. The van der Waals surface area contributed by atoms with Crippen LogP contribution in [-0.2, 0) is 9.53 Å². The summed E-state index contributed by atoms with van der Waals surface area (Å²) in [6.45, 7) is 1.84. The molecule has 0 radical (unpaired) electrons. The summed E-state index contributed by atoms with van der Waals surface area (Å²) in [5.41, 5.74) is 2.79. The number of carbonyl (C=O) groups excluding carboxylic acids is 3. The van der Waals surface area contributed by atoms with Crippen LogP contribution >= 0.6 is 0 Å². The highest BCUT2D eigenvalue weighted by Gasteiger charge is 2.17. The Hall–Kier alpha value is -4.78. The third kappa shape index (κ3) is 5.59. The third-order valence-corrected chi connectivity index (χ3v) is 5.44. The van der Waals surface area contributed by atoms with Gasteiger partial charge in [-0.15, -0.1) is 0 Å². The number of pyridine rings is 1. The van der Waals surface area contributed by atoms with E-state index in [4.69, 9.17) is 4.74 Å². The summed E-state index contributed by atoms with van der Waals surface area (Å²) in [6.07, 6.45) is 4.58. The molecule has 3 aromatic carbocycles. The summed E-state index contributed by atoms with van der Waals surface area (Å²) >= 11 is 0. The molecule has 0 aliphatic rings. The quantitative estimate of drug-likeness (QED) is 0.297. The maximum atomic E-state index is 12.8. The minimum absolute atomic E-state index is 0.137. The second-order valence-corrected chi connectivity index (χ2v) is 7.82. The molecular weight excluding hydrogens is 442 g/mol. The van der Waals surface area contributed by atoms with Gasteiger partial charge in [0, 0.05) is 29.7 Å². The van der Waals surface area contributed by atoms with Crippen molar-refractivity contribution >= 4 is 45.5 Å². The number of amides is 2. The molecule has 0 aliphatic heterocycles. The van der Waals surface area contributed by atoms with E-state index >= 15 is 0 Å². The van der Waals surface area contributed by atoms with Crippen LogP contribution in [0.25, 0.3) is 16.3 Å². The van der Waals surface area contributed by atoms with E-state index in [-0.39, 0.29) is 16.8 Å². The number of nitrogens with zero attached hydrogens (tertiary/aromatic N) is 1. The topological polar surface area (TPSA) is 97.4 Å². The Morgan fingerprint density at radius 1 is 0.829 bits per heavy atom. The maximum Gasteiger partial charge on any atom is 0.339 e. The molecule has 0 bridgehead atoms. The fourth-order valence-corrected chi connectivity index (χ4v) is 3.60. The predicted octanol–water partition coefficient (Wildman–Crippen LogP) is 5.32. The van der Waals surface area contributed by atoms with E-state index in [9.17, 15) is 14.4 Å². The van der Waals surface area contributed by atoms with Gasteiger partial charge in [0.1, 0.15) is 0 Å². The minimum atomic E-state index is -0.628. The Balaban J connectivity index is 1.58. The normalized spacial score (nSPS) is 11.1. The van der Waals surface area contributed by atoms with Crippen LogP contribution in [0.15, 0.2) is 91.3 Å². The maximum absolute atomic E-state index is 12.8. The fourth-order valence-electron chi connectivity index (χ4n) is 3.60. The summed E-state index contributed by atoms with van der Waals surface area (Å²) in [5, 5.41) is 7.64. The first-order chi connectivity index (χ1) is 16.9. The second-order valence-electron chi connectivity index (χ2n) is 7.82. The summed E-state index contributed by atoms with van der Waals surface area (Å²) in [4.78, 5) is 41.7. The minimum Gasteiger partial charge on any atom is -0.465 e. The number of carbonyl (C=O) groups is 3. The number of hydrogen-bond acceptors (Lipinski definition) is 5. The largest absolute Gasteiger partial charge is 0.465 e. The van der Waals surface area contributed by atoms with E-state index < -0.39 is 17.8 Å². The molecule has 0 saturated carbocycles. The molecule has 0 fully saturated rings. The van der Waals surface area contributed by atoms with Crippen molar-refractivity contribution in [2.45, 2.75) is 6.92 Å². The number of nitrogens with one attached hydrogen (secondary N) is 2. The number of anilines is 2. The average molecular weight is 466 g/mol. The Morgan fingerprint density at radius 2 is 1.54 bits per heavy atom. The Labute approximate surface area is 202 Å². The van der Waals surface area contributed by atoms with E-state index in [1.807, 2.05) is 49.4 Å². The van der Waals surface area contributed by atoms with Gasteiger partial charge < -0.3 is 15.4 Å². The molecule has 4 rings (SSSR count). The van der Waals surface area contributed by atoms with Gasteiger partial charge in [-0.2, -0.15) is 0 Å². The number of hydrogen-bond donors (Lipinski definition) is 2. The van der Waals surface area contributed by atoms with Crippen LogP contribution in [-0.4, -0.2) is 29.9 Å². The van der Waals surface area contributed by atoms with Crippen LogP contribution in [0.1, 0.15) is 33.2 Å². The number of benzene rings is 3. The number of fused-ring (bicyclic) bond motifs is 1. The summed E-state index contributed by atoms with van der Waals surface area (Å²) < 4.78 is 4.83. The lowest BCUT2D eigenvalue weighted by Gasteiger charge is -2.12. The summed E-state index contributed by atoms with van der Waals surface area (Å²) in [5.74, 6) is -1.46. The highest BCUT2D eigenvalue weighted by Crippen LogP contribution is 2.23. The molecule has 0 atom stereocenters. The van der Waals surface area contributed by atoms with Crippen molar-refractivity contribution in [1.82, 2.24) is 4.98 Å². The number of methoxy groups -OCH3 is 1. The van der Waals surface area contributed by atoms with E-state index in [1.54, 1.807) is 24.5 Å². The van der Waals surface area contributed by atoms with Gasteiger partial charge in [0.15, 0.2) is 0 Å². The van der Waals surface area contributed by atoms with Crippen molar-refractivity contribution in [3.8, 4) is 0 Å². The molecule has 0 aliphatic carbocycles. The van der Waals surface area contributed by atoms with E-state index in [0.29, 0.717) is 5.69 Å². The zero-order chi connectivity index (χ0) is 24.8. The third-order valence-electron chi connectivity index (χ3n) is 5.44. The molecule has 1 heterocycles. The van der Waals surface area contributed by atoms with Crippen molar-refractivity contribution < 1.29 is 19.1 Å². The van der Waals surface area contributed by atoms with Crippen molar-refractivity contribution in [3.63, 3.8) is 0 Å². The first-order valence-corrected chi connectivity index (χ1v) is 10.9. The van der Waals surface area contributed by atoms with Gasteiger partial charge in [-0.25, -0.2) is 4.79 Å². The molecule has 174 valence electrons. The van der Waals surface area contributed by atoms with Crippen LogP contribution < -0.4 is 10.6 Å². The molecule has 1 aromatic heterocycles. The lowest BCUT2D eigenvalue weighted by Crippen LogP contribution is -2.16. The number of allylic oxidation sites excluding steroid dienone is 1. The van der Waals surface area contributed by atoms with Gasteiger partial charge in [-0.05, 0) is 65.2 Å². The number of rotatable bonds is 6. The molecule has 7 heteroatoms. The van der Waals surface area contributed by atoms with Gasteiger partial charge in [0.25, 0.3) is 5.91 Å². The first-order valence-electron chi connectivity index (χ1n) is 10.9. The van der Waals surface area contributed by atoms with Gasteiger partial charge in [-0.1, -0.05) is 36.4 Å². The molecular formula is C28H23N3O4. The number of esters is 1. The van der Waals surface area contributed by atoms with Crippen LogP contribution in [0, 0.1) is 0 Å². The lowest BCUT2D eigenvalue weighted by atomic mass is 10.0. The predicted molar refractivity (Wildman–Crippen MR) is 136 cm³/mol. The van der Waals surface area contributed by atoms with Crippen LogP contribution in [0.5, 0.6) is 0 Å². The Bertz CT molecular complexity index is 1450. The van der Waals surface area contributed by atoms with Gasteiger partial charge in [0.2, 0.25) is 5.91 Å². The highest BCUT2D eigenvalue weighted by atomic mass is 16.5. The van der Waals surface area contributed by atoms with Crippen molar-refractivity contribution in [1.29, 1.82) is 0 Å². The van der Waals surface area contributed by atoms with Crippen LogP contribution in [0.3, 0.4) is 0 Å². The van der Waals surface area contributed by atoms with E-state index in [2.05, 4.69) is 15.6 Å². The molecule has 4 aromatic rings. The van der Waals surface area contributed by atoms with Crippen molar-refractivity contribution in [2.24, 2.45) is 0 Å². The van der Waals surface area contributed by atoms with Crippen molar-refractivity contribution in [3.05, 3.63) is 108 Å². The van der Waals surface area contributed by atoms with Crippen molar-refractivity contribution in [2.75, 3.05) is 17.7 Å². The SMILES string of the molecule is COC(=O)c1ccc(C(=O)Nc2ccncc2)cc1NC(=O)C=C(C)c1ccc2ccccc2c1.